The molecule has 1 aliphatic heterocycles. The van der Waals surface area contributed by atoms with Crippen LogP contribution >= 0.6 is 0 Å². The topological polar surface area (TPSA) is 122 Å². The summed E-state index contributed by atoms with van der Waals surface area (Å²) in [6.45, 7) is 4.07. The number of carbonyl (C=O) groups is 1. The molecule has 0 aromatic carbocycles. The number of furan rings is 1. The molecule has 13 heteroatoms. The van der Waals surface area contributed by atoms with Crippen molar-refractivity contribution in [3.05, 3.63) is 54.0 Å². The number of halogens is 3. The second kappa shape index (κ2) is 10.0. The highest BCUT2D eigenvalue weighted by Gasteiger charge is 2.38. The Kier molecular flexibility index (Phi) is 7.18. The first-order valence-corrected chi connectivity index (χ1v) is 9.30. The van der Waals surface area contributed by atoms with Crippen LogP contribution < -0.4 is 5.32 Å². The molecule has 1 aliphatic rings. The number of hydrogen-bond acceptors (Lipinski definition) is 8. The molecule has 31 heavy (non-hydrogen) atoms. The van der Waals surface area contributed by atoms with Crippen LogP contribution in [-0.4, -0.2) is 53.7 Å². The molecule has 4 rings (SSSR count). The molecule has 0 atom stereocenters. The van der Waals surface area contributed by atoms with Crippen molar-refractivity contribution in [2.75, 3.05) is 11.9 Å². The van der Waals surface area contributed by atoms with Gasteiger partial charge in [-0.2, -0.15) is 13.2 Å². The first-order chi connectivity index (χ1) is 14.8. The van der Waals surface area contributed by atoms with Gasteiger partial charge in [0.15, 0.2) is 0 Å². The molecule has 3 aromatic heterocycles. The van der Waals surface area contributed by atoms with Crippen molar-refractivity contribution >= 4 is 11.9 Å². The van der Waals surface area contributed by atoms with E-state index in [0.29, 0.717) is 12.5 Å². The second-order valence-corrected chi connectivity index (χ2v) is 6.58. The van der Waals surface area contributed by atoms with Crippen molar-refractivity contribution < 1.29 is 27.5 Å². The Hall–Kier alpha value is -3.48. The van der Waals surface area contributed by atoms with E-state index < -0.39 is 12.1 Å². The molecule has 0 amide bonds. The first-order valence-electron chi connectivity index (χ1n) is 9.30. The summed E-state index contributed by atoms with van der Waals surface area (Å²) in [5, 5.41) is 19.0. The SMILES string of the molecule is O=C(O)C(F)(F)F.c1cnc(NCc2nnn3c2CN(Cc2ccco2)CCC3)nc1. The maximum atomic E-state index is 10.6. The molecular formula is C18H20F3N7O3. The van der Waals surface area contributed by atoms with Crippen LogP contribution in [0.3, 0.4) is 0 Å². The van der Waals surface area contributed by atoms with E-state index in [1.165, 1.54) is 0 Å². The van der Waals surface area contributed by atoms with Crippen molar-refractivity contribution in [1.29, 1.82) is 0 Å². The molecule has 0 spiro atoms. The molecular weight excluding hydrogens is 419 g/mol. The van der Waals surface area contributed by atoms with Crippen LogP contribution in [0.5, 0.6) is 0 Å². The van der Waals surface area contributed by atoms with Gasteiger partial charge in [-0.3, -0.25) is 4.90 Å². The fraction of sp³-hybridized carbons (Fsp3) is 0.389. The number of fused-ring (bicyclic) bond motifs is 1. The van der Waals surface area contributed by atoms with Crippen LogP contribution in [0.2, 0.25) is 0 Å². The van der Waals surface area contributed by atoms with Crippen molar-refractivity contribution in [3.8, 4) is 0 Å². The summed E-state index contributed by atoms with van der Waals surface area (Å²) in [4.78, 5) is 19.6. The molecule has 0 saturated carbocycles. The van der Waals surface area contributed by atoms with Crippen LogP contribution in [0, 0.1) is 0 Å². The van der Waals surface area contributed by atoms with E-state index in [4.69, 9.17) is 14.3 Å². The minimum absolute atomic E-state index is 0.563. The van der Waals surface area contributed by atoms with Crippen molar-refractivity contribution in [2.24, 2.45) is 0 Å². The number of nitrogens with zero attached hydrogens (tertiary/aromatic N) is 6. The molecule has 0 saturated heterocycles. The van der Waals surface area contributed by atoms with Crippen LogP contribution in [0.4, 0.5) is 19.1 Å². The molecule has 3 aromatic rings. The predicted molar refractivity (Wildman–Crippen MR) is 101 cm³/mol. The van der Waals surface area contributed by atoms with E-state index in [1.807, 2.05) is 16.8 Å². The highest BCUT2D eigenvalue weighted by molar-refractivity contribution is 5.73. The van der Waals surface area contributed by atoms with Gasteiger partial charge >= 0.3 is 12.1 Å². The van der Waals surface area contributed by atoms with Crippen molar-refractivity contribution in [1.82, 2.24) is 29.9 Å². The predicted octanol–water partition coefficient (Wildman–Crippen LogP) is 2.31. The lowest BCUT2D eigenvalue weighted by Gasteiger charge is -2.18. The van der Waals surface area contributed by atoms with Crippen LogP contribution in [0.25, 0.3) is 0 Å². The number of aliphatic carboxylic acids is 1. The van der Waals surface area contributed by atoms with Gasteiger partial charge in [0.25, 0.3) is 0 Å². The Morgan fingerprint density at radius 2 is 1.97 bits per heavy atom. The molecule has 10 nitrogen and oxygen atoms in total. The number of carboxylic acids is 1. The third-order valence-corrected chi connectivity index (χ3v) is 4.32. The van der Waals surface area contributed by atoms with Gasteiger partial charge in [0.05, 0.1) is 25.0 Å². The molecule has 0 bridgehead atoms. The number of nitrogens with one attached hydrogen (secondary N) is 1. The standard InChI is InChI=1S/C16H19N7O.C2HF3O2/c1-4-13(24-9-1)11-22-7-3-8-23-15(12-22)14(20-21-23)10-19-16-17-5-2-6-18-16;3-2(4,5)1(6)7/h1-2,4-6,9H,3,7-8,10-12H2,(H,17,18,19);(H,6,7). The highest BCUT2D eigenvalue weighted by Crippen LogP contribution is 2.18. The Morgan fingerprint density at radius 3 is 2.61 bits per heavy atom. The molecule has 0 unspecified atom stereocenters. The zero-order valence-corrected chi connectivity index (χ0v) is 16.3. The average molecular weight is 439 g/mol. The van der Waals surface area contributed by atoms with Gasteiger partial charge in [-0.15, -0.1) is 5.10 Å². The van der Waals surface area contributed by atoms with Crippen LogP contribution in [0.15, 0.2) is 41.3 Å². The van der Waals surface area contributed by atoms with Gasteiger partial charge in [-0.1, -0.05) is 5.21 Å². The smallest absolute Gasteiger partial charge is 0.475 e. The first kappa shape index (κ1) is 22.2. The number of anilines is 1. The van der Waals surface area contributed by atoms with E-state index in [1.54, 1.807) is 24.7 Å². The normalized spacial score (nSPS) is 14.2. The number of carboxylic acid groups (broad SMARTS) is 1. The largest absolute Gasteiger partial charge is 0.490 e. The van der Waals surface area contributed by atoms with Gasteiger partial charge in [0.2, 0.25) is 5.95 Å². The van der Waals surface area contributed by atoms with Crippen LogP contribution in [-0.2, 0) is 31.0 Å². The van der Waals surface area contributed by atoms with Gasteiger partial charge in [-0.25, -0.2) is 19.4 Å². The zero-order chi connectivity index (χ0) is 22.3. The van der Waals surface area contributed by atoms with Gasteiger partial charge < -0.3 is 14.8 Å². The zero-order valence-electron chi connectivity index (χ0n) is 16.3. The molecule has 2 N–H and O–H groups in total. The van der Waals surface area contributed by atoms with Crippen molar-refractivity contribution in [2.45, 2.75) is 38.8 Å². The third-order valence-electron chi connectivity index (χ3n) is 4.32. The van der Waals surface area contributed by atoms with Crippen molar-refractivity contribution in [3.63, 3.8) is 0 Å². The quantitative estimate of drug-likeness (QED) is 0.617. The summed E-state index contributed by atoms with van der Waals surface area (Å²) >= 11 is 0. The van der Waals surface area contributed by atoms with E-state index in [0.717, 1.165) is 49.7 Å². The average Bonchev–Trinajstić information content (AvgIpc) is 3.33. The summed E-state index contributed by atoms with van der Waals surface area (Å²) in [5.41, 5.74) is 2.08. The maximum Gasteiger partial charge on any atom is 0.490 e. The second-order valence-electron chi connectivity index (χ2n) is 6.58. The number of alkyl halides is 3. The lowest BCUT2D eigenvalue weighted by molar-refractivity contribution is -0.192. The number of aromatic nitrogens is 5. The monoisotopic (exact) mass is 439 g/mol. The van der Waals surface area contributed by atoms with E-state index in [2.05, 4.69) is 30.5 Å². The van der Waals surface area contributed by atoms with E-state index in [9.17, 15) is 13.2 Å². The third kappa shape index (κ3) is 6.50. The summed E-state index contributed by atoms with van der Waals surface area (Å²) in [6, 6.07) is 5.73. The molecule has 0 fully saturated rings. The lowest BCUT2D eigenvalue weighted by atomic mass is 10.3. The fourth-order valence-electron chi connectivity index (χ4n) is 2.90. The lowest BCUT2D eigenvalue weighted by Crippen LogP contribution is -2.23. The Balaban J connectivity index is 0.000000339. The summed E-state index contributed by atoms with van der Waals surface area (Å²) in [7, 11) is 0. The number of aryl methyl sites for hydroxylation is 1. The van der Waals surface area contributed by atoms with Crippen LogP contribution in [0.1, 0.15) is 23.6 Å². The molecule has 166 valence electrons. The highest BCUT2D eigenvalue weighted by atomic mass is 19.4. The minimum Gasteiger partial charge on any atom is -0.475 e. The van der Waals surface area contributed by atoms with Gasteiger partial charge in [0, 0.05) is 32.0 Å². The van der Waals surface area contributed by atoms with Gasteiger partial charge in [0.1, 0.15) is 11.5 Å². The summed E-state index contributed by atoms with van der Waals surface area (Å²) < 4.78 is 39.2. The maximum absolute atomic E-state index is 10.6. The Labute approximate surface area is 174 Å². The Morgan fingerprint density at radius 1 is 1.23 bits per heavy atom. The van der Waals surface area contributed by atoms with Gasteiger partial charge in [-0.05, 0) is 24.6 Å². The van der Waals surface area contributed by atoms with E-state index in [-0.39, 0.29) is 0 Å². The molecule has 0 aliphatic carbocycles. The molecule has 4 heterocycles. The number of rotatable bonds is 5. The Bertz CT molecular complexity index is 962. The minimum atomic E-state index is -5.08. The molecule has 0 radical (unpaired) electrons. The summed E-state index contributed by atoms with van der Waals surface area (Å²) in [6.07, 6.45) is 1.11. The fourth-order valence-corrected chi connectivity index (χ4v) is 2.90. The van der Waals surface area contributed by atoms with E-state index >= 15 is 0 Å². The summed E-state index contributed by atoms with van der Waals surface area (Å²) in [5.74, 6) is -1.18. The number of hydrogen-bond donors (Lipinski definition) is 2.